The van der Waals surface area contributed by atoms with Crippen molar-refractivity contribution in [3.05, 3.63) is 77.3 Å². The van der Waals surface area contributed by atoms with Gasteiger partial charge in [-0.1, -0.05) is 35.9 Å². The zero-order chi connectivity index (χ0) is 23.0. The van der Waals surface area contributed by atoms with Crippen LogP contribution in [-0.2, 0) is 21.4 Å². The number of sulfonamides is 1. The van der Waals surface area contributed by atoms with Gasteiger partial charge in [0, 0.05) is 11.6 Å². The Kier molecular flexibility index (Phi) is 5.51. The molecule has 1 atom stereocenters. The number of nitrogens with one attached hydrogen (secondary N) is 1. The van der Waals surface area contributed by atoms with E-state index in [0.29, 0.717) is 16.5 Å². The maximum Gasteiger partial charge on any atom is 0.264 e. The van der Waals surface area contributed by atoms with Gasteiger partial charge in [0.15, 0.2) is 17.6 Å². The lowest BCUT2D eigenvalue weighted by atomic mass is 10.2. The Bertz CT molecular complexity index is 1320. The number of benzene rings is 3. The van der Waals surface area contributed by atoms with Crippen molar-refractivity contribution in [2.75, 3.05) is 17.6 Å². The molecule has 8 nitrogen and oxygen atoms in total. The second kappa shape index (κ2) is 8.49. The predicted octanol–water partition coefficient (Wildman–Crippen LogP) is 3.34. The van der Waals surface area contributed by atoms with E-state index in [1.165, 1.54) is 18.2 Å². The molecule has 10 heteroatoms. The second-order valence-corrected chi connectivity index (χ2v) is 9.77. The second-order valence-electron chi connectivity index (χ2n) is 7.47. The molecule has 5 rings (SSSR count). The summed E-state index contributed by atoms with van der Waals surface area (Å²) in [6.45, 7) is 0.183. The van der Waals surface area contributed by atoms with Crippen LogP contribution in [0.4, 0.5) is 5.69 Å². The molecule has 3 aromatic rings. The molecule has 1 N–H and O–H groups in total. The molecule has 2 heterocycles. The van der Waals surface area contributed by atoms with Crippen LogP contribution in [0.25, 0.3) is 0 Å². The molecule has 2 aliphatic rings. The first-order valence-corrected chi connectivity index (χ1v) is 11.9. The quantitative estimate of drug-likeness (QED) is 0.594. The molecule has 0 bridgehead atoms. The van der Waals surface area contributed by atoms with Crippen molar-refractivity contribution in [3.63, 3.8) is 0 Å². The van der Waals surface area contributed by atoms with E-state index in [9.17, 15) is 13.2 Å². The molecule has 2 aliphatic heterocycles. The van der Waals surface area contributed by atoms with Crippen LogP contribution in [0.3, 0.4) is 0 Å². The van der Waals surface area contributed by atoms with E-state index in [0.717, 1.165) is 9.87 Å². The summed E-state index contributed by atoms with van der Waals surface area (Å²) in [6.07, 6.45) is -1.05. The summed E-state index contributed by atoms with van der Waals surface area (Å²) in [4.78, 5) is 13.1. The van der Waals surface area contributed by atoms with Crippen molar-refractivity contribution in [3.8, 4) is 17.2 Å². The fourth-order valence-electron chi connectivity index (χ4n) is 3.66. The fourth-order valence-corrected chi connectivity index (χ4v) is 5.32. The first-order chi connectivity index (χ1) is 15.9. The number of hydrogen-bond donors (Lipinski definition) is 1. The first kappa shape index (κ1) is 21.4. The SMILES string of the molecule is O=C(NCc1ccc2c(c1)OCO2)C1CN(S(=O)(=O)c2ccccc2)c2cc(Cl)ccc2O1. The summed E-state index contributed by atoms with van der Waals surface area (Å²) in [5.41, 5.74) is 1.09. The third-order valence-electron chi connectivity index (χ3n) is 5.32. The first-order valence-electron chi connectivity index (χ1n) is 10.1. The zero-order valence-corrected chi connectivity index (χ0v) is 18.8. The van der Waals surface area contributed by atoms with Crippen molar-refractivity contribution in [2.24, 2.45) is 0 Å². The van der Waals surface area contributed by atoms with Gasteiger partial charge in [-0.3, -0.25) is 9.10 Å². The number of amides is 1. The zero-order valence-electron chi connectivity index (χ0n) is 17.2. The molecule has 1 amide bonds. The number of nitrogens with zero attached hydrogens (tertiary/aromatic N) is 1. The smallest absolute Gasteiger partial charge is 0.264 e. The molecule has 3 aromatic carbocycles. The monoisotopic (exact) mass is 486 g/mol. The molecular formula is C23H19ClN2O6S. The average Bonchev–Trinajstić information content (AvgIpc) is 3.30. The molecule has 170 valence electrons. The van der Waals surface area contributed by atoms with Crippen LogP contribution in [0.2, 0.25) is 5.02 Å². The van der Waals surface area contributed by atoms with Gasteiger partial charge in [0.2, 0.25) is 6.79 Å². The fraction of sp³-hybridized carbons (Fsp3) is 0.174. The van der Waals surface area contributed by atoms with Crippen LogP contribution in [-0.4, -0.2) is 33.8 Å². The highest BCUT2D eigenvalue weighted by molar-refractivity contribution is 7.92. The molecular weight excluding hydrogens is 468 g/mol. The van der Waals surface area contributed by atoms with Gasteiger partial charge in [0.25, 0.3) is 15.9 Å². The Morgan fingerprint density at radius 1 is 1.00 bits per heavy atom. The van der Waals surface area contributed by atoms with E-state index in [2.05, 4.69) is 5.32 Å². The third kappa shape index (κ3) is 4.17. The van der Waals surface area contributed by atoms with Gasteiger partial charge >= 0.3 is 0 Å². The number of anilines is 1. The number of carbonyl (C=O) groups is 1. The summed E-state index contributed by atoms with van der Waals surface area (Å²) < 4.78 is 44.4. The van der Waals surface area contributed by atoms with E-state index in [4.69, 9.17) is 25.8 Å². The van der Waals surface area contributed by atoms with Crippen molar-refractivity contribution >= 4 is 33.2 Å². The van der Waals surface area contributed by atoms with Crippen LogP contribution in [0.1, 0.15) is 5.56 Å². The van der Waals surface area contributed by atoms with E-state index < -0.39 is 22.0 Å². The number of ether oxygens (including phenoxy) is 3. The summed E-state index contributed by atoms with van der Waals surface area (Å²) in [5.74, 6) is 1.08. The lowest BCUT2D eigenvalue weighted by Crippen LogP contribution is -2.50. The maximum atomic E-state index is 13.4. The lowest BCUT2D eigenvalue weighted by molar-refractivity contribution is -0.127. The lowest BCUT2D eigenvalue weighted by Gasteiger charge is -2.34. The van der Waals surface area contributed by atoms with Crippen LogP contribution in [0.15, 0.2) is 71.6 Å². The van der Waals surface area contributed by atoms with Gasteiger partial charge in [-0.2, -0.15) is 0 Å². The van der Waals surface area contributed by atoms with Gasteiger partial charge < -0.3 is 19.5 Å². The van der Waals surface area contributed by atoms with E-state index in [1.54, 1.807) is 42.5 Å². The van der Waals surface area contributed by atoms with E-state index in [1.807, 2.05) is 6.07 Å². The van der Waals surface area contributed by atoms with Crippen molar-refractivity contribution in [1.82, 2.24) is 5.32 Å². The Balaban J connectivity index is 1.39. The van der Waals surface area contributed by atoms with Gasteiger partial charge in [0.1, 0.15) is 5.75 Å². The minimum atomic E-state index is -3.95. The van der Waals surface area contributed by atoms with Crippen molar-refractivity contribution in [2.45, 2.75) is 17.5 Å². The van der Waals surface area contributed by atoms with Gasteiger partial charge in [0.05, 0.1) is 17.1 Å². The molecule has 0 radical (unpaired) electrons. The van der Waals surface area contributed by atoms with E-state index in [-0.39, 0.29) is 36.2 Å². The van der Waals surface area contributed by atoms with Crippen LogP contribution < -0.4 is 23.8 Å². The molecule has 1 unspecified atom stereocenters. The molecule has 0 aliphatic carbocycles. The normalized spacial score (nSPS) is 16.6. The topological polar surface area (TPSA) is 94.2 Å². The number of halogens is 1. The number of carbonyl (C=O) groups excluding carboxylic acids is 1. The molecule has 33 heavy (non-hydrogen) atoms. The largest absolute Gasteiger partial charge is 0.476 e. The Hall–Kier alpha value is -3.43. The maximum absolute atomic E-state index is 13.4. The number of fused-ring (bicyclic) bond motifs is 2. The van der Waals surface area contributed by atoms with Gasteiger partial charge in [-0.15, -0.1) is 0 Å². The van der Waals surface area contributed by atoms with Gasteiger partial charge in [-0.25, -0.2) is 8.42 Å². The highest BCUT2D eigenvalue weighted by atomic mass is 35.5. The van der Waals surface area contributed by atoms with Crippen LogP contribution >= 0.6 is 11.6 Å². The molecule has 0 saturated heterocycles. The Morgan fingerprint density at radius 3 is 2.58 bits per heavy atom. The summed E-state index contributed by atoms with van der Waals surface area (Å²) in [5, 5.41) is 3.16. The highest BCUT2D eigenvalue weighted by Crippen LogP contribution is 2.39. The minimum absolute atomic E-state index is 0.109. The predicted molar refractivity (Wildman–Crippen MR) is 121 cm³/mol. The average molecular weight is 487 g/mol. The summed E-state index contributed by atoms with van der Waals surface area (Å²) >= 11 is 6.12. The van der Waals surface area contributed by atoms with E-state index >= 15 is 0 Å². The van der Waals surface area contributed by atoms with Crippen molar-refractivity contribution < 1.29 is 27.4 Å². The molecule has 0 aromatic heterocycles. The number of hydrogen-bond acceptors (Lipinski definition) is 6. The minimum Gasteiger partial charge on any atom is -0.476 e. The molecule has 0 fully saturated rings. The third-order valence-corrected chi connectivity index (χ3v) is 7.35. The molecule has 0 saturated carbocycles. The van der Waals surface area contributed by atoms with Gasteiger partial charge in [-0.05, 0) is 48.0 Å². The summed E-state index contributed by atoms with van der Waals surface area (Å²) in [6, 6.07) is 18.1. The standard InChI is InChI=1S/C23H19ClN2O6S/c24-16-7-9-19-18(11-16)26(33(28,29)17-4-2-1-3-5-17)13-22(32-19)23(27)25-12-15-6-8-20-21(10-15)31-14-30-20/h1-11,22H,12-14H2,(H,25,27). The number of rotatable bonds is 5. The van der Waals surface area contributed by atoms with Crippen molar-refractivity contribution in [1.29, 1.82) is 0 Å². The molecule has 0 spiro atoms. The Labute approximate surface area is 195 Å². The summed E-state index contributed by atoms with van der Waals surface area (Å²) in [7, 11) is -3.95. The van der Waals surface area contributed by atoms with Crippen LogP contribution in [0.5, 0.6) is 17.2 Å². The van der Waals surface area contributed by atoms with Crippen LogP contribution in [0, 0.1) is 0 Å². The Morgan fingerprint density at radius 2 is 1.76 bits per heavy atom. The highest BCUT2D eigenvalue weighted by Gasteiger charge is 2.37.